The average molecular weight is 713 g/mol. The lowest BCUT2D eigenvalue weighted by atomic mass is 9.94. The van der Waals surface area contributed by atoms with Crippen molar-refractivity contribution < 1.29 is 38.2 Å². The summed E-state index contributed by atoms with van der Waals surface area (Å²) >= 11 is 5.99. The number of fused-ring (bicyclic) bond motifs is 5. The van der Waals surface area contributed by atoms with Crippen LogP contribution in [0, 0.1) is 0 Å². The molecule has 51 heavy (non-hydrogen) atoms. The van der Waals surface area contributed by atoms with Crippen molar-refractivity contribution in [2.24, 2.45) is 0 Å². The quantitative estimate of drug-likeness (QED) is 0.232. The smallest absolute Gasteiger partial charge is 0.328 e. The van der Waals surface area contributed by atoms with Crippen LogP contribution in [0.25, 0.3) is 22.3 Å². The highest BCUT2D eigenvalue weighted by Gasteiger charge is 2.31. The molecule has 0 spiro atoms. The van der Waals surface area contributed by atoms with Crippen molar-refractivity contribution in [3.8, 4) is 33.8 Å². The molecule has 4 amide bonds. The molecule has 4 aromatic carbocycles. The van der Waals surface area contributed by atoms with Crippen molar-refractivity contribution in [3.05, 3.63) is 107 Å². The van der Waals surface area contributed by atoms with Crippen LogP contribution in [0.2, 0.25) is 5.02 Å². The van der Waals surface area contributed by atoms with Crippen LogP contribution in [-0.2, 0) is 30.3 Å². The van der Waals surface area contributed by atoms with E-state index in [1.165, 1.54) is 33.3 Å². The molecule has 1 aliphatic rings. The van der Waals surface area contributed by atoms with Gasteiger partial charge in [-0.1, -0.05) is 48.0 Å². The van der Waals surface area contributed by atoms with Crippen molar-refractivity contribution in [2.75, 3.05) is 41.5 Å². The van der Waals surface area contributed by atoms with Gasteiger partial charge in [0.15, 0.2) is 0 Å². The Morgan fingerprint density at radius 2 is 1.45 bits per heavy atom. The maximum absolute atomic E-state index is 13.8. The normalized spacial score (nSPS) is 15.7. The number of hydrogen-bond donors (Lipinski definition) is 3. The second-order valence-corrected chi connectivity index (χ2v) is 12.2. The Kier molecular flexibility index (Phi) is 11.6. The third-order valence-electron chi connectivity index (χ3n) is 8.53. The van der Waals surface area contributed by atoms with Gasteiger partial charge in [0, 0.05) is 35.2 Å². The van der Waals surface area contributed by atoms with Crippen LogP contribution >= 0.6 is 11.6 Å². The highest BCUT2D eigenvalue weighted by atomic mass is 35.5. The van der Waals surface area contributed by atoms with Gasteiger partial charge < -0.3 is 35.1 Å². The summed E-state index contributed by atoms with van der Waals surface area (Å²) in [7, 11) is 5.66. The maximum Gasteiger partial charge on any atom is 0.328 e. The summed E-state index contributed by atoms with van der Waals surface area (Å²) in [4.78, 5) is 67.2. The van der Waals surface area contributed by atoms with E-state index in [-0.39, 0.29) is 6.42 Å². The average Bonchev–Trinajstić information content (AvgIpc) is 3.15. The summed E-state index contributed by atoms with van der Waals surface area (Å²) < 4.78 is 16.3. The van der Waals surface area contributed by atoms with Gasteiger partial charge in [0.05, 0.1) is 34.4 Å². The monoisotopic (exact) mass is 712 g/mol. The fraction of sp³-hybridized carbons (Fsp3) is 0.237. The van der Waals surface area contributed by atoms with Crippen LogP contribution in [0.15, 0.2) is 84.9 Å². The van der Waals surface area contributed by atoms with Crippen LogP contribution in [0.1, 0.15) is 27.5 Å². The van der Waals surface area contributed by atoms with Crippen LogP contribution < -0.4 is 25.4 Å². The third kappa shape index (κ3) is 8.47. The molecule has 2 atom stereocenters. The number of halogens is 1. The highest BCUT2D eigenvalue weighted by Crippen LogP contribution is 2.39. The van der Waals surface area contributed by atoms with E-state index in [0.717, 1.165) is 11.1 Å². The first-order valence-electron chi connectivity index (χ1n) is 15.9. The summed E-state index contributed by atoms with van der Waals surface area (Å²) in [5.74, 6) is -2.09. The Morgan fingerprint density at radius 3 is 2.08 bits per heavy atom. The minimum atomic E-state index is -1.24. The number of nitrogens with one attached hydrogen (secondary N) is 3. The molecule has 4 bridgehead atoms. The number of carbonyl (C=O) groups excluding carboxylic acids is 5. The van der Waals surface area contributed by atoms with E-state index in [4.69, 9.17) is 25.8 Å². The van der Waals surface area contributed by atoms with E-state index < -0.39 is 54.8 Å². The Balaban J connectivity index is 1.43. The lowest BCUT2D eigenvalue weighted by Crippen LogP contribution is -2.49. The number of nitrogens with zero attached hydrogens (tertiary/aromatic N) is 1. The van der Waals surface area contributed by atoms with Gasteiger partial charge >= 0.3 is 5.97 Å². The second kappa shape index (κ2) is 16.2. The number of hydrogen-bond acceptors (Lipinski definition) is 8. The van der Waals surface area contributed by atoms with E-state index in [1.807, 2.05) is 12.1 Å². The zero-order valence-electron chi connectivity index (χ0n) is 28.5. The van der Waals surface area contributed by atoms with Crippen molar-refractivity contribution in [3.63, 3.8) is 0 Å². The molecule has 1 aliphatic heterocycles. The molecule has 264 valence electrons. The third-order valence-corrected chi connectivity index (χ3v) is 8.78. The summed E-state index contributed by atoms with van der Waals surface area (Å²) in [6.07, 6.45) is 0.101. The van der Waals surface area contributed by atoms with Crippen molar-refractivity contribution >= 4 is 41.2 Å². The van der Waals surface area contributed by atoms with Crippen molar-refractivity contribution in [1.82, 2.24) is 20.9 Å². The molecule has 0 saturated carbocycles. The van der Waals surface area contributed by atoms with Gasteiger partial charge in [-0.05, 0) is 70.8 Å². The van der Waals surface area contributed by atoms with Gasteiger partial charge in [0.2, 0.25) is 17.7 Å². The van der Waals surface area contributed by atoms with Crippen LogP contribution in [0.5, 0.6) is 11.5 Å². The molecule has 5 rings (SSSR count). The first-order valence-corrected chi connectivity index (χ1v) is 16.3. The summed E-state index contributed by atoms with van der Waals surface area (Å²) in [6, 6.07) is 22.2. The van der Waals surface area contributed by atoms with Gasteiger partial charge in [-0.15, -0.1) is 0 Å². The largest absolute Gasteiger partial charge is 0.496 e. The standard InChI is InChI=1S/C38H37ClN4O8/c1-43(34(45)21-41-36(46)25-8-6-23(7-9-25)24-10-13-27(39)14-11-24)35-26-12-16-32(50-3)29(19-26)28-17-22(5-15-31(28)49-2)18-30(38(48)51-4)42-33(44)20-40-37(35)47/h5-17,19,30,35H,18,20-21H2,1-4H3,(H,40,47)(H,41,46)(H,42,44). The minimum Gasteiger partial charge on any atom is -0.496 e. The zero-order chi connectivity index (χ0) is 36.7. The highest BCUT2D eigenvalue weighted by molar-refractivity contribution is 6.30. The fourth-order valence-corrected chi connectivity index (χ4v) is 5.94. The van der Waals surface area contributed by atoms with Crippen LogP contribution in [-0.4, -0.2) is 82.0 Å². The van der Waals surface area contributed by atoms with Gasteiger partial charge in [0.25, 0.3) is 5.91 Å². The summed E-state index contributed by atoms with van der Waals surface area (Å²) in [6.45, 7) is -0.900. The maximum atomic E-state index is 13.8. The molecule has 0 radical (unpaired) electrons. The van der Waals surface area contributed by atoms with Crippen LogP contribution in [0.4, 0.5) is 0 Å². The molecule has 0 saturated heterocycles. The summed E-state index contributed by atoms with van der Waals surface area (Å²) in [5, 5.41) is 8.45. The first kappa shape index (κ1) is 36.4. The number of benzene rings is 4. The Morgan fingerprint density at radius 1 is 0.843 bits per heavy atom. The van der Waals surface area contributed by atoms with E-state index in [0.29, 0.717) is 44.3 Å². The number of amides is 4. The minimum absolute atomic E-state index is 0.101. The predicted octanol–water partition coefficient (Wildman–Crippen LogP) is 3.95. The Bertz CT molecular complexity index is 1950. The number of esters is 1. The molecular weight excluding hydrogens is 676 g/mol. The van der Waals surface area contributed by atoms with Gasteiger partial charge in [0.1, 0.15) is 23.6 Å². The SMILES string of the molecule is COC(=O)C1Cc2ccc(OC)c(c2)-c2cc(ccc2OC)C(N(C)C(=O)CNC(=O)c2ccc(-c3ccc(Cl)cc3)cc2)C(=O)NCC(=O)N1. The van der Waals surface area contributed by atoms with Gasteiger partial charge in [-0.25, -0.2) is 4.79 Å². The molecule has 1 heterocycles. The van der Waals surface area contributed by atoms with Gasteiger partial charge in [-0.2, -0.15) is 0 Å². The Hall–Kier alpha value is -5.88. The molecule has 0 fully saturated rings. The van der Waals surface area contributed by atoms with E-state index >= 15 is 0 Å². The zero-order valence-corrected chi connectivity index (χ0v) is 29.2. The molecule has 0 aliphatic carbocycles. The molecule has 13 heteroatoms. The number of likely N-dealkylation sites (N-methyl/N-ethyl adjacent to an activating group) is 1. The second-order valence-electron chi connectivity index (χ2n) is 11.7. The lowest BCUT2D eigenvalue weighted by Gasteiger charge is -2.29. The van der Waals surface area contributed by atoms with Crippen molar-refractivity contribution in [2.45, 2.75) is 18.5 Å². The molecule has 2 unspecified atom stereocenters. The fourth-order valence-electron chi connectivity index (χ4n) is 5.81. The Labute approximate surface area is 300 Å². The molecule has 0 aromatic heterocycles. The van der Waals surface area contributed by atoms with E-state index in [9.17, 15) is 24.0 Å². The first-order chi connectivity index (χ1) is 24.5. The van der Waals surface area contributed by atoms with E-state index in [2.05, 4.69) is 16.0 Å². The molecule has 12 nitrogen and oxygen atoms in total. The number of ether oxygens (including phenoxy) is 3. The summed E-state index contributed by atoms with van der Waals surface area (Å²) in [5.41, 5.74) is 4.39. The molecule has 3 N–H and O–H groups in total. The number of carbonyl (C=O) groups is 5. The predicted molar refractivity (Wildman–Crippen MR) is 190 cm³/mol. The van der Waals surface area contributed by atoms with E-state index in [1.54, 1.807) is 72.8 Å². The lowest BCUT2D eigenvalue weighted by molar-refractivity contribution is -0.145. The number of methoxy groups -OCH3 is 3. The van der Waals surface area contributed by atoms with Crippen molar-refractivity contribution in [1.29, 1.82) is 0 Å². The van der Waals surface area contributed by atoms with Crippen LogP contribution in [0.3, 0.4) is 0 Å². The molecular formula is C38H37ClN4O8. The van der Waals surface area contributed by atoms with Gasteiger partial charge in [-0.3, -0.25) is 19.2 Å². The molecule has 4 aromatic rings. The topological polar surface area (TPSA) is 152 Å². The number of rotatable bonds is 8.